The SMILES string of the molecule is COc1ccc(/C=C2\SC(=Nc3ccc([N+](=O)[O-])cc3)NC2=O)c(OC)c1. The molecule has 0 unspecified atom stereocenters. The molecule has 1 aliphatic heterocycles. The van der Waals surface area contributed by atoms with Gasteiger partial charge in [0.05, 0.1) is 29.7 Å². The Balaban J connectivity index is 1.83. The Hall–Kier alpha value is -3.33. The van der Waals surface area contributed by atoms with E-state index in [4.69, 9.17) is 9.47 Å². The van der Waals surface area contributed by atoms with Gasteiger partial charge in [-0.05, 0) is 42.1 Å². The molecule has 9 heteroatoms. The molecule has 0 aromatic heterocycles. The number of benzene rings is 2. The smallest absolute Gasteiger partial charge is 0.269 e. The summed E-state index contributed by atoms with van der Waals surface area (Å²) >= 11 is 1.18. The number of nitrogens with one attached hydrogen (secondary N) is 1. The molecule has 1 heterocycles. The van der Waals surface area contributed by atoms with Crippen LogP contribution in [0.2, 0.25) is 0 Å². The molecule has 1 N–H and O–H groups in total. The van der Waals surface area contributed by atoms with Crippen LogP contribution in [0, 0.1) is 10.1 Å². The molecule has 8 nitrogen and oxygen atoms in total. The number of nitrogens with zero attached hydrogens (tertiary/aromatic N) is 2. The summed E-state index contributed by atoms with van der Waals surface area (Å²) in [6.45, 7) is 0. The predicted molar refractivity (Wildman–Crippen MR) is 103 cm³/mol. The number of nitro groups is 1. The molecule has 2 aromatic rings. The highest BCUT2D eigenvalue weighted by atomic mass is 32.2. The third-order valence-corrected chi connectivity index (χ3v) is 4.58. The van der Waals surface area contributed by atoms with Crippen LogP contribution in [0.3, 0.4) is 0 Å². The third kappa shape index (κ3) is 4.26. The molecule has 0 aliphatic carbocycles. The second-order valence-electron chi connectivity index (χ2n) is 5.36. The van der Waals surface area contributed by atoms with Crippen molar-refractivity contribution in [3.8, 4) is 11.5 Å². The molecule has 27 heavy (non-hydrogen) atoms. The first-order valence-corrected chi connectivity index (χ1v) is 8.58. The van der Waals surface area contributed by atoms with E-state index in [1.807, 2.05) is 0 Å². The van der Waals surface area contributed by atoms with Crippen LogP contribution >= 0.6 is 11.8 Å². The van der Waals surface area contributed by atoms with E-state index in [0.717, 1.165) is 5.56 Å². The Labute approximate surface area is 159 Å². The molecular formula is C18H15N3O5S. The lowest BCUT2D eigenvalue weighted by Crippen LogP contribution is -2.19. The summed E-state index contributed by atoms with van der Waals surface area (Å²) in [5.74, 6) is 0.951. The highest BCUT2D eigenvalue weighted by Gasteiger charge is 2.24. The van der Waals surface area contributed by atoms with Crippen molar-refractivity contribution < 1.29 is 19.2 Å². The molecule has 1 amide bonds. The van der Waals surface area contributed by atoms with Crippen LogP contribution < -0.4 is 14.8 Å². The van der Waals surface area contributed by atoms with Crippen LogP contribution in [0.4, 0.5) is 11.4 Å². The van der Waals surface area contributed by atoms with Crippen LogP contribution in [0.1, 0.15) is 5.56 Å². The van der Waals surface area contributed by atoms with Gasteiger partial charge in [0.2, 0.25) is 0 Å². The summed E-state index contributed by atoms with van der Waals surface area (Å²) < 4.78 is 10.5. The number of aliphatic imine (C=N–C) groups is 1. The maximum Gasteiger partial charge on any atom is 0.269 e. The number of hydrogen-bond acceptors (Lipinski definition) is 7. The first-order valence-electron chi connectivity index (χ1n) is 7.76. The summed E-state index contributed by atoms with van der Waals surface area (Å²) in [6.07, 6.45) is 1.70. The fourth-order valence-electron chi connectivity index (χ4n) is 2.33. The highest BCUT2D eigenvalue weighted by Crippen LogP contribution is 2.32. The molecule has 0 bridgehead atoms. The monoisotopic (exact) mass is 385 g/mol. The van der Waals surface area contributed by atoms with Crippen LogP contribution in [0.5, 0.6) is 11.5 Å². The zero-order valence-electron chi connectivity index (χ0n) is 14.5. The Kier molecular flexibility index (Phi) is 5.41. The minimum Gasteiger partial charge on any atom is -0.497 e. The normalized spacial score (nSPS) is 16.4. The van der Waals surface area contributed by atoms with Gasteiger partial charge in [-0.1, -0.05) is 0 Å². The Morgan fingerprint density at radius 3 is 2.52 bits per heavy atom. The van der Waals surface area contributed by atoms with Gasteiger partial charge in [-0.15, -0.1) is 0 Å². The maximum absolute atomic E-state index is 12.2. The number of carbonyl (C=O) groups excluding carboxylic acids is 1. The topological polar surface area (TPSA) is 103 Å². The first kappa shape index (κ1) is 18.5. The van der Waals surface area contributed by atoms with E-state index in [-0.39, 0.29) is 11.6 Å². The fraction of sp³-hybridized carbons (Fsp3) is 0.111. The lowest BCUT2D eigenvalue weighted by molar-refractivity contribution is -0.384. The first-order chi connectivity index (χ1) is 13.0. The van der Waals surface area contributed by atoms with Gasteiger partial charge in [-0.25, -0.2) is 4.99 Å². The number of amidine groups is 1. The number of amides is 1. The molecule has 2 aromatic carbocycles. The zero-order valence-corrected chi connectivity index (χ0v) is 15.3. The van der Waals surface area contributed by atoms with E-state index < -0.39 is 4.92 Å². The average Bonchev–Trinajstić information content (AvgIpc) is 3.01. The largest absolute Gasteiger partial charge is 0.497 e. The van der Waals surface area contributed by atoms with Crippen molar-refractivity contribution >= 4 is 40.3 Å². The Bertz CT molecular complexity index is 954. The standard InChI is InChI=1S/C18H15N3O5S/c1-25-14-8-3-11(15(10-14)26-2)9-16-17(22)20-18(27-16)19-12-4-6-13(7-5-12)21(23)24/h3-10H,1-2H3,(H,19,20,22)/b16-9-. The van der Waals surface area contributed by atoms with Gasteiger partial charge in [0.15, 0.2) is 5.17 Å². The second kappa shape index (κ2) is 7.92. The molecule has 1 fully saturated rings. The Morgan fingerprint density at radius 2 is 1.89 bits per heavy atom. The van der Waals surface area contributed by atoms with Crippen molar-refractivity contribution in [2.45, 2.75) is 0 Å². The summed E-state index contributed by atoms with van der Waals surface area (Å²) in [4.78, 5) is 27.2. The van der Waals surface area contributed by atoms with Crippen molar-refractivity contribution in [1.29, 1.82) is 0 Å². The zero-order chi connectivity index (χ0) is 19.4. The summed E-state index contributed by atoms with van der Waals surface area (Å²) in [6, 6.07) is 11.1. The van der Waals surface area contributed by atoms with Crippen LogP contribution in [-0.2, 0) is 4.79 Å². The fourth-order valence-corrected chi connectivity index (χ4v) is 3.16. The molecular weight excluding hydrogens is 370 g/mol. The molecule has 1 aliphatic rings. The number of nitro benzene ring substituents is 1. The number of hydrogen-bond donors (Lipinski definition) is 1. The van der Waals surface area contributed by atoms with Crippen molar-refractivity contribution in [2.75, 3.05) is 14.2 Å². The van der Waals surface area contributed by atoms with Crippen molar-refractivity contribution in [3.05, 3.63) is 63.0 Å². The molecule has 3 rings (SSSR count). The number of carbonyl (C=O) groups is 1. The van der Waals surface area contributed by atoms with Crippen molar-refractivity contribution in [1.82, 2.24) is 5.32 Å². The van der Waals surface area contributed by atoms with Gasteiger partial charge in [0, 0.05) is 23.8 Å². The van der Waals surface area contributed by atoms with Gasteiger partial charge < -0.3 is 14.8 Å². The third-order valence-electron chi connectivity index (χ3n) is 3.67. The van der Waals surface area contributed by atoms with E-state index in [1.54, 1.807) is 38.5 Å². The molecule has 138 valence electrons. The summed E-state index contributed by atoms with van der Waals surface area (Å²) in [7, 11) is 3.11. The minimum absolute atomic E-state index is 0.0192. The van der Waals surface area contributed by atoms with Crippen LogP contribution in [0.15, 0.2) is 52.4 Å². The van der Waals surface area contributed by atoms with E-state index in [9.17, 15) is 14.9 Å². The van der Waals surface area contributed by atoms with Gasteiger partial charge in [-0.2, -0.15) is 0 Å². The number of methoxy groups -OCH3 is 2. The van der Waals surface area contributed by atoms with E-state index >= 15 is 0 Å². The molecule has 1 saturated heterocycles. The summed E-state index contributed by atoms with van der Waals surface area (Å²) in [5.41, 5.74) is 1.22. The maximum atomic E-state index is 12.2. The predicted octanol–water partition coefficient (Wildman–Crippen LogP) is 3.50. The van der Waals surface area contributed by atoms with Gasteiger partial charge in [0.25, 0.3) is 11.6 Å². The van der Waals surface area contributed by atoms with Gasteiger partial charge in [-0.3, -0.25) is 14.9 Å². The Morgan fingerprint density at radius 1 is 1.15 bits per heavy atom. The van der Waals surface area contributed by atoms with Crippen molar-refractivity contribution in [3.63, 3.8) is 0 Å². The lowest BCUT2D eigenvalue weighted by Gasteiger charge is -2.07. The quantitative estimate of drug-likeness (QED) is 0.480. The minimum atomic E-state index is -0.480. The molecule has 0 spiro atoms. The van der Waals surface area contributed by atoms with E-state index in [1.165, 1.54) is 36.0 Å². The van der Waals surface area contributed by atoms with Gasteiger partial charge in [0.1, 0.15) is 11.5 Å². The lowest BCUT2D eigenvalue weighted by atomic mass is 10.1. The number of non-ortho nitro benzene ring substituents is 1. The number of thioether (sulfide) groups is 1. The second-order valence-corrected chi connectivity index (χ2v) is 6.39. The number of rotatable bonds is 5. The number of ether oxygens (including phenoxy) is 2. The van der Waals surface area contributed by atoms with Crippen LogP contribution in [0.25, 0.3) is 6.08 Å². The van der Waals surface area contributed by atoms with E-state index in [2.05, 4.69) is 10.3 Å². The summed E-state index contributed by atoms with van der Waals surface area (Å²) in [5, 5.41) is 13.8. The van der Waals surface area contributed by atoms with E-state index in [0.29, 0.717) is 27.3 Å². The van der Waals surface area contributed by atoms with Gasteiger partial charge >= 0.3 is 0 Å². The van der Waals surface area contributed by atoms with Crippen LogP contribution in [-0.4, -0.2) is 30.2 Å². The molecule has 0 radical (unpaired) electrons. The molecule has 0 saturated carbocycles. The van der Waals surface area contributed by atoms with Crippen molar-refractivity contribution in [2.24, 2.45) is 4.99 Å². The molecule has 0 atom stereocenters. The highest BCUT2D eigenvalue weighted by molar-refractivity contribution is 8.18. The average molecular weight is 385 g/mol.